The van der Waals surface area contributed by atoms with E-state index in [1.807, 2.05) is 0 Å². The maximum atomic E-state index is 13.3. The zero-order valence-corrected chi connectivity index (χ0v) is 10.6. The summed E-state index contributed by atoms with van der Waals surface area (Å²) in [5.41, 5.74) is 2.86. The topological polar surface area (TPSA) is 53.8 Å². The molecule has 2 rings (SSSR count). The van der Waals surface area contributed by atoms with E-state index in [4.69, 9.17) is 4.74 Å². The first kappa shape index (κ1) is 13.8. The van der Waals surface area contributed by atoms with Gasteiger partial charge in [-0.25, -0.2) is 8.78 Å². The second-order valence-electron chi connectivity index (χ2n) is 3.89. The van der Waals surface area contributed by atoms with E-state index in [2.05, 4.69) is 10.5 Å². The monoisotopic (exact) mass is 278 g/mol. The zero-order valence-electron chi connectivity index (χ0n) is 10.6. The molecule has 0 heterocycles. The molecule has 0 amide bonds. The van der Waals surface area contributed by atoms with Crippen molar-refractivity contribution in [2.24, 2.45) is 5.10 Å². The van der Waals surface area contributed by atoms with Crippen LogP contribution in [0, 0.1) is 11.6 Å². The zero-order chi connectivity index (χ0) is 14.5. The Morgan fingerprint density at radius 1 is 1.25 bits per heavy atom. The lowest BCUT2D eigenvalue weighted by Crippen LogP contribution is -1.95. The number of rotatable bonds is 4. The number of hydrogen-bond donors (Lipinski definition) is 2. The molecule has 0 saturated carbocycles. The molecule has 0 saturated heterocycles. The van der Waals surface area contributed by atoms with Crippen LogP contribution in [0.2, 0.25) is 0 Å². The van der Waals surface area contributed by atoms with E-state index in [0.717, 1.165) is 12.1 Å². The third-order valence-corrected chi connectivity index (χ3v) is 2.57. The number of aromatic hydroxyl groups is 1. The molecule has 104 valence electrons. The van der Waals surface area contributed by atoms with Gasteiger partial charge in [-0.2, -0.15) is 5.10 Å². The highest BCUT2D eigenvalue weighted by atomic mass is 19.1. The fourth-order valence-corrected chi connectivity index (χ4v) is 1.56. The Morgan fingerprint density at radius 3 is 2.75 bits per heavy atom. The molecule has 0 spiro atoms. The highest BCUT2D eigenvalue weighted by Crippen LogP contribution is 2.28. The van der Waals surface area contributed by atoms with E-state index < -0.39 is 11.6 Å². The van der Waals surface area contributed by atoms with Gasteiger partial charge in [0.25, 0.3) is 0 Å². The highest BCUT2D eigenvalue weighted by Gasteiger charge is 2.05. The Kier molecular flexibility index (Phi) is 4.14. The average Bonchev–Trinajstić information content (AvgIpc) is 2.43. The van der Waals surface area contributed by atoms with Crippen LogP contribution in [0.15, 0.2) is 41.5 Å². The molecule has 0 aromatic heterocycles. The molecule has 0 bridgehead atoms. The molecule has 0 unspecified atom stereocenters. The molecular weight excluding hydrogens is 266 g/mol. The summed E-state index contributed by atoms with van der Waals surface area (Å²) in [5, 5.41) is 13.6. The van der Waals surface area contributed by atoms with Crippen LogP contribution in [0.5, 0.6) is 11.5 Å². The van der Waals surface area contributed by atoms with Gasteiger partial charge in [0.2, 0.25) is 0 Å². The van der Waals surface area contributed by atoms with E-state index in [1.165, 1.54) is 19.4 Å². The van der Waals surface area contributed by atoms with Gasteiger partial charge in [0, 0.05) is 11.6 Å². The van der Waals surface area contributed by atoms with Crippen LogP contribution >= 0.6 is 0 Å². The third kappa shape index (κ3) is 3.03. The van der Waals surface area contributed by atoms with Gasteiger partial charge in [-0.15, -0.1) is 0 Å². The predicted octanol–water partition coefficient (Wildman–Crippen LogP) is 3.13. The van der Waals surface area contributed by atoms with Crippen molar-refractivity contribution in [2.75, 3.05) is 12.5 Å². The minimum Gasteiger partial charge on any atom is -0.504 e. The second kappa shape index (κ2) is 6.01. The van der Waals surface area contributed by atoms with Crippen molar-refractivity contribution in [3.05, 3.63) is 53.6 Å². The number of hydrazone groups is 1. The van der Waals surface area contributed by atoms with Gasteiger partial charge in [0.15, 0.2) is 17.3 Å². The van der Waals surface area contributed by atoms with Gasteiger partial charge < -0.3 is 9.84 Å². The fourth-order valence-electron chi connectivity index (χ4n) is 1.56. The van der Waals surface area contributed by atoms with Crippen molar-refractivity contribution < 1.29 is 18.6 Å². The van der Waals surface area contributed by atoms with Gasteiger partial charge in [-0.3, -0.25) is 5.43 Å². The Bertz CT molecular complexity index is 645. The molecule has 2 aromatic carbocycles. The average molecular weight is 278 g/mol. The van der Waals surface area contributed by atoms with Gasteiger partial charge in [-0.05, 0) is 24.3 Å². The number of phenolic OH excluding ortho intramolecular Hbond substituents is 1. The first-order chi connectivity index (χ1) is 9.61. The summed E-state index contributed by atoms with van der Waals surface area (Å²) in [7, 11) is 1.43. The summed E-state index contributed by atoms with van der Waals surface area (Å²) in [6.45, 7) is 0. The van der Waals surface area contributed by atoms with Crippen molar-refractivity contribution in [3.63, 3.8) is 0 Å². The standard InChI is InChI=1S/C14H12F2N2O2/c1-20-13-4-2-3-9(14(13)19)8-17-18-12-6-5-10(15)7-11(12)16/h2-8,18-19H,1H3/b17-8+. The summed E-state index contributed by atoms with van der Waals surface area (Å²) >= 11 is 0. The van der Waals surface area contributed by atoms with Crippen LogP contribution in [0.3, 0.4) is 0 Å². The molecule has 0 atom stereocenters. The van der Waals surface area contributed by atoms with E-state index in [9.17, 15) is 13.9 Å². The van der Waals surface area contributed by atoms with Crippen molar-refractivity contribution in [1.29, 1.82) is 0 Å². The number of methoxy groups -OCH3 is 1. The Hall–Kier alpha value is -2.63. The minimum atomic E-state index is -0.753. The SMILES string of the molecule is COc1cccc(/C=N/Nc2ccc(F)cc2F)c1O. The van der Waals surface area contributed by atoms with Crippen molar-refractivity contribution in [3.8, 4) is 11.5 Å². The van der Waals surface area contributed by atoms with Crippen molar-refractivity contribution in [2.45, 2.75) is 0 Å². The van der Waals surface area contributed by atoms with E-state index in [-0.39, 0.29) is 11.4 Å². The first-order valence-electron chi connectivity index (χ1n) is 5.72. The van der Waals surface area contributed by atoms with Crippen LogP contribution in [0.1, 0.15) is 5.56 Å². The van der Waals surface area contributed by atoms with Crippen molar-refractivity contribution in [1.82, 2.24) is 0 Å². The number of hydrogen-bond acceptors (Lipinski definition) is 4. The molecule has 2 aromatic rings. The molecule has 6 heteroatoms. The molecule has 0 aliphatic carbocycles. The molecular formula is C14H12F2N2O2. The van der Waals surface area contributed by atoms with Crippen LogP contribution in [-0.2, 0) is 0 Å². The highest BCUT2D eigenvalue weighted by molar-refractivity contribution is 5.85. The van der Waals surface area contributed by atoms with Crippen LogP contribution in [0.4, 0.5) is 14.5 Å². The summed E-state index contributed by atoms with van der Waals surface area (Å²) in [4.78, 5) is 0. The quantitative estimate of drug-likeness (QED) is 0.667. The Morgan fingerprint density at radius 2 is 2.05 bits per heavy atom. The number of phenols is 1. The summed E-state index contributed by atoms with van der Waals surface area (Å²) in [6, 6.07) is 7.99. The number of para-hydroxylation sites is 1. The van der Waals surface area contributed by atoms with Crippen LogP contribution < -0.4 is 10.2 Å². The number of benzene rings is 2. The van der Waals surface area contributed by atoms with E-state index in [1.54, 1.807) is 18.2 Å². The second-order valence-corrected chi connectivity index (χ2v) is 3.89. The summed E-state index contributed by atoms with van der Waals surface area (Å²) in [6.07, 6.45) is 1.31. The maximum Gasteiger partial charge on any atom is 0.166 e. The number of halogens is 2. The number of anilines is 1. The van der Waals surface area contributed by atoms with E-state index in [0.29, 0.717) is 11.3 Å². The molecule has 2 N–H and O–H groups in total. The Balaban J connectivity index is 2.14. The van der Waals surface area contributed by atoms with E-state index >= 15 is 0 Å². The molecule has 4 nitrogen and oxygen atoms in total. The van der Waals surface area contributed by atoms with Crippen LogP contribution in [-0.4, -0.2) is 18.4 Å². The lowest BCUT2D eigenvalue weighted by Gasteiger charge is -2.05. The van der Waals surface area contributed by atoms with Gasteiger partial charge in [-0.1, -0.05) is 6.07 Å². The molecule has 0 fully saturated rings. The van der Waals surface area contributed by atoms with Crippen molar-refractivity contribution >= 4 is 11.9 Å². The third-order valence-electron chi connectivity index (χ3n) is 2.57. The van der Waals surface area contributed by atoms with Gasteiger partial charge in [0.05, 0.1) is 19.0 Å². The summed E-state index contributed by atoms with van der Waals surface area (Å²) < 4.78 is 31.0. The maximum absolute atomic E-state index is 13.3. The Labute approximate surface area is 114 Å². The summed E-state index contributed by atoms with van der Waals surface area (Å²) in [5.74, 6) is -1.18. The predicted molar refractivity (Wildman–Crippen MR) is 72.2 cm³/mol. The minimum absolute atomic E-state index is 0.0324. The lowest BCUT2D eigenvalue weighted by molar-refractivity contribution is 0.373. The largest absolute Gasteiger partial charge is 0.504 e. The normalized spacial score (nSPS) is 10.8. The smallest absolute Gasteiger partial charge is 0.166 e. The number of ether oxygens (including phenoxy) is 1. The molecule has 0 radical (unpaired) electrons. The number of nitrogens with zero attached hydrogens (tertiary/aromatic N) is 1. The molecule has 0 aliphatic heterocycles. The number of nitrogens with one attached hydrogen (secondary N) is 1. The molecule has 0 aliphatic rings. The van der Waals surface area contributed by atoms with Gasteiger partial charge >= 0.3 is 0 Å². The van der Waals surface area contributed by atoms with Gasteiger partial charge in [0.1, 0.15) is 5.82 Å². The van der Waals surface area contributed by atoms with Crippen LogP contribution in [0.25, 0.3) is 0 Å². The fraction of sp³-hybridized carbons (Fsp3) is 0.0714. The first-order valence-corrected chi connectivity index (χ1v) is 5.72. The molecule has 20 heavy (non-hydrogen) atoms. The lowest BCUT2D eigenvalue weighted by atomic mass is 10.2.